The molecule has 1 aromatic carbocycles. The van der Waals surface area contributed by atoms with Crippen molar-refractivity contribution < 1.29 is 23.9 Å². The Labute approximate surface area is 248 Å². The van der Waals surface area contributed by atoms with Crippen LogP contribution in [0.3, 0.4) is 0 Å². The lowest BCUT2D eigenvalue weighted by Crippen LogP contribution is -2.50. The Bertz CT molecular complexity index is 1110. The van der Waals surface area contributed by atoms with Crippen LogP contribution in [0.5, 0.6) is 5.75 Å². The highest BCUT2D eigenvalue weighted by molar-refractivity contribution is 6.74. The van der Waals surface area contributed by atoms with Gasteiger partial charge in [0.25, 0.3) is 8.32 Å². The Kier molecular flexibility index (Phi) is 8.72. The fourth-order valence-electron chi connectivity index (χ4n) is 8.34. The predicted molar refractivity (Wildman–Crippen MR) is 164 cm³/mol. The van der Waals surface area contributed by atoms with E-state index in [1.54, 1.807) is 0 Å². The van der Waals surface area contributed by atoms with Gasteiger partial charge in [0.05, 0.1) is 10.5 Å². The molecule has 1 heterocycles. The molecule has 1 aliphatic heterocycles. The van der Waals surface area contributed by atoms with Crippen LogP contribution in [0.1, 0.15) is 115 Å². The van der Waals surface area contributed by atoms with Crippen LogP contribution in [-0.2, 0) is 15.9 Å². The number of nitrogens with zero attached hydrogens (tertiary/aromatic N) is 1. The van der Waals surface area contributed by atoms with E-state index in [0.29, 0.717) is 30.1 Å². The fourth-order valence-corrected chi connectivity index (χ4v) is 9.36. The summed E-state index contributed by atoms with van der Waals surface area (Å²) in [6, 6.07) is 3.86. The van der Waals surface area contributed by atoms with Crippen molar-refractivity contribution in [2.45, 2.75) is 141 Å². The van der Waals surface area contributed by atoms with E-state index in [0.717, 1.165) is 82.8 Å². The summed E-state index contributed by atoms with van der Waals surface area (Å²) in [6.07, 6.45) is 11.8. The number of unbranched alkanes of at least 4 members (excludes halogenated alkanes) is 1. The summed E-state index contributed by atoms with van der Waals surface area (Å²) in [6.45, 7) is 14.6. The average Bonchev–Trinajstić information content (AvgIpc) is 3.18. The van der Waals surface area contributed by atoms with E-state index in [4.69, 9.17) is 13.9 Å². The molecule has 2 saturated carbocycles. The SMILES string of the molecule is CC(C)(C)[Si](C)(C)Oc1cc2c(cc1[N+](=O)[O-])C1CC[C@@]3(C)C(CC[C@@]3(O)CCCCOC3CCCCO3)C1CC2. The predicted octanol–water partition coefficient (Wildman–Crippen LogP) is 8.28. The third kappa shape index (κ3) is 5.87. The van der Waals surface area contributed by atoms with Crippen molar-refractivity contribution in [2.75, 3.05) is 13.2 Å². The molecule has 1 aromatic rings. The number of fused-ring (bicyclic) bond motifs is 5. The van der Waals surface area contributed by atoms with Gasteiger partial charge in [-0.1, -0.05) is 27.7 Å². The molecule has 1 N–H and O–H groups in total. The zero-order valence-corrected chi connectivity index (χ0v) is 27.3. The molecule has 3 aliphatic carbocycles. The van der Waals surface area contributed by atoms with E-state index in [9.17, 15) is 15.2 Å². The summed E-state index contributed by atoms with van der Waals surface area (Å²) in [5, 5.41) is 24.3. The minimum atomic E-state index is -2.22. The topological polar surface area (TPSA) is 91.1 Å². The second kappa shape index (κ2) is 11.5. The summed E-state index contributed by atoms with van der Waals surface area (Å²) in [4.78, 5) is 12.0. The summed E-state index contributed by atoms with van der Waals surface area (Å²) >= 11 is 0. The first kappa shape index (κ1) is 31.0. The smallest absolute Gasteiger partial charge is 0.309 e. The van der Waals surface area contributed by atoms with Gasteiger partial charge in [0.2, 0.25) is 0 Å². The number of aryl methyl sites for hydroxylation is 1. The monoisotopic (exact) mass is 587 g/mol. The maximum absolute atomic E-state index is 12.3. The van der Waals surface area contributed by atoms with Crippen molar-refractivity contribution in [1.82, 2.24) is 0 Å². The molecule has 5 rings (SSSR count). The highest BCUT2D eigenvalue weighted by Gasteiger charge is 2.61. The summed E-state index contributed by atoms with van der Waals surface area (Å²) in [5.74, 6) is 1.69. The van der Waals surface area contributed by atoms with Gasteiger partial charge in [0.15, 0.2) is 12.0 Å². The Morgan fingerprint density at radius 3 is 2.59 bits per heavy atom. The Balaban J connectivity index is 1.28. The molecule has 4 aliphatic rings. The van der Waals surface area contributed by atoms with E-state index in [-0.39, 0.29) is 27.4 Å². The molecular weight excluding hydrogens is 534 g/mol. The summed E-state index contributed by atoms with van der Waals surface area (Å²) in [5.41, 5.74) is 1.76. The number of rotatable bonds is 9. The average molecular weight is 588 g/mol. The molecule has 3 fully saturated rings. The number of benzene rings is 1. The molecule has 7 nitrogen and oxygen atoms in total. The Morgan fingerprint density at radius 2 is 1.90 bits per heavy atom. The van der Waals surface area contributed by atoms with E-state index in [1.807, 2.05) is 12.1 Å². The van der Waals surface area contributed by atoms with Crippen molar-refractivity contribution >= 4 is 14.0 Å². The zero-order valence-electron chi connectivity index (χ0n) is 26.3. The summed E-state index contributed by atoms with van der Waals surface area (Å²) < 4.78 is 18.1. The van der Waals surface area contributed by atoms with Crippen molar-refractivity contribution in [3.05, 3.63) is 33.4 Å². The van der Waals surface area contributed by atoms with E-state index in [2.05, 4.69) is 40.8 Å². The number of hydrogen-bond donors (Lipinski definition) is 1. The number of nitro benzene ring substituents is 1. The first-order valence-corrected chi connectivity index (χ1v) is 19.1. The van der Waals surface area contributed by atoms with Crippen LogP contribution >= 0.6 is 0 Å². The molecule has 1 saturated heterocycles. The first-order valence-electron chi connectivity index (χ1n) is 16.2. The molecule has 0 radical (unpaired) electrons. The Morgan fingerprint density at radius 1 is 1.12 bits per heavy atom. The lowest BCUT2D eigenvalue weighted by Gasteiger charge is -2.53. The van der Waals surface area contributed by atoms with E-state index in [1.165, 1.54) is 12.0 Å². The maximum Gasteiger partial charge on any atom is 0.309 e. The minimum Gasteiger partial charge on any atom is -0.539 e. The highest BCUT2D eigenvalue weighted by Crippen LogP contribution is 2.65. The molecule has 0 spiro atoms. The highest BCUT2D eigenvalue weighted by atomic mass is 28.4. The number of nitro groups is 1. The van der Waals surface area contributed by atoms with Gasteiger partial charge in [-0.25, -0.2) is 0 Å². The van der Waals surface area contributed by atoms with Gasteiger partial charge in [0, 0.05) is 19.3 Å². The van der Waals surface area contributed by atoms with Crippen molar-refractivity contribution in [3.8, 4) is 5.75 Å². The molecular formula is C33H53NO6Si. The normalized spacial score (nSPS) is 33.5. The van der Waals surface area contributed by atoms with Crippen LogP contribution in [-0.4, -0.2) is 43.5 Å². The van der Waals surface area contributed by atoms with Crippen LogP contribution in [0.4, 0.5) is 5.69 Å². The number of ether oxygens (including phenoxy) is 2. The van der Waals surface area contributed by atoms with Crippen LogP contribution in [0, 0.1) is 27.4 Å². The van der Waals surface area contributed by atoms with Gasteiger partial charge < -0.3 is 19.0 Å². The molecule has 41 heavy (non-hydrogen) atoms. The number of hydrogen-bond acceptors (Lipinski definition) is 6. The zero-order chi connectivity index (χ0) is 29.6. The lowest BCUT2D eigenvalue weighted by molar-refractivity contribution is -0.385. The minimum absolute atomic E-state index is 0.0359. The molecule has 4 unspecified atom stereocenters. The van der Waals surface area contributed by atoms with Crippen LogP contribution in [0.25, 0.3) is 0 Å². The van der Waals surface area contributed by atoms with Gasteiger partial charge in [-0.15, -0.1) is 0 Å². The quantitative estimate of drug-likeness (QED) is 0.135. The molecule has 230 valence electrons. The molecule has 0 aromatic heterocycles. The molecule has 6 atom stereocenters. The molecule has 8 heteroatoms. The Hall–Kier alpha value is -1.48. The third-order valence-corrected chi connectivity index (χ3v) is 16.3. The largest absolute Gasteiger partial charge is 0.539 e. The molecule has 0 bridgehead atoms. The van der Waals surface area contributed by atoms with Crippen LogP contribution < -0.4 is 4.43 Å². The van der Waals surface area contributed by atoms with Crippen molar-refractivity contribution in [3.63, 3.8) is 0 Å². The lowest BCUT2D eigenvalue weighted by atomic mass is 9.53. The van der Waals surface area contributed by atoms with Gasteiger partial charge >= 0.3 is 5.69 Å². The van der Waals surface area contributed by atoms with Gasteiger partial charge in [0.1, 0.15) is 0 Å². The van der Waals surface area contributed by atoms with Crippen LogP contribution in [0.2, 0.25) is 18.1 Å². The van der Waals surface area contributed by atoms with E-state index >= 15 is 0 Å². The van der Waals surface area contributed by atoms with Gasteiger partial charge in [-0.05, 0) is 136 Å². The standard InChI is InChI=1S/C33H53NO6Si/c1-31(2,3)41(5,6)40-29-21-23-12-13-25-24(26(23)22-28(29)34(36)37)14-17-32(4)27(25)15-18-33(32,35)16-8-10-20-39-30-11-7-9-19-38-30/h21-22,24-25,27,30,35H,7-20H2,1-6H3/t24?,25?,27?,30?,32-,33-/m0/s1. The van der Waals surface area contributed by atoms with Crippen LogP contribution in [0.15, 0.2) is 12.1 Å². The molecule has 0 amide bonds. The van der Waals surface area contributed by atoms with Gasteiger partial charge in [-0.2, -0.15) is 0 Å². The first-order chi connectivity index (χ1) is 19.3. The second-order valence-electron chi connectivity index (χ2n) is 15.2. The number of aliphatic hydroxyl groups is 1. The third-order valence-electron chi connectivity index (χ3n) is 11.9. The summed E-state index contributed by atoms with van der Waals surface area (Å²) in [7, 11) is -2.22. The van der Waals surface area contributed by atoms with E-state index < -0.39 is 13.9 Å². The van der Waals surface area contributed by atoms with Gasteiger partial charge in [-0.3, -0.25) is 10.1 Å². The van der Waals surface area contributed by atoms with Crippen molar-refractivity contribution in [1.29, 1.82) is 0 Å². The second-order valence-corrected chi connectivity index (χ2v) is 19.9. The van der Waals surface area contributed by atoms with Crippen molar-refractivity contribution in [2.24, 2.45) is 17.3 Å². The fraction of sp³-hybridized carbons (Fsp3) is 0.818. The maximum atomic E-state index is 12.3.